The molecule has 0 unspecified atom stereocenters. The summed E-state index contributed by atoms with van der Waals surface area (Å²) in [4.78, 5) is 12.0. The Labute approximate surface area is 109 Å². The van der Waals surface area contributed by atoms with Crippen molar-refractivity contribution in [3.8, 4) is 5.75 Å². The number of nitrogens with two attached hydrogens (primary N) is 1. The number of thiophene rings is 1. The third kappa shape index (κ3) is 2.46. The van der Waals surface area contributed by atoms with Gasteiger partial charge in [0.2, 0.25) is 0 Å². The van der Waals surface area contributed by atoms with Gasteiger partial charge in [-0.2, -0.15) is 11.3 Å². The van der Waals surface area contributed by atoms with Crippen molar-refractivity contribution in [3.63, 3.8) is 0 Å². The van der Waals surface area contributed by atoms with Crippen LogP contribution in [0.1, 0.15) is 15.9 Å². The Morgan fingerprint density at radius 1 is 1.39 bits per heavy atom. The predicted octanol–water partition coefficient (Wildman–Crippen LogP) is 2.90. The molecule has 0 saturated heterocycles. The largest absolute Gasteiger partial charge is 0.497 e. The molecule has 0 atom stereocenters. The van der Waals surface area contributed by atoms with Crippen LogP contribution in [0.2, 0.25) is 0 Å². The minimum absolute atomic E-state index is 0.148. The average molecular weight is 262 g/mol. The quantitative estimate of drug-likeness (QED) is 0.836. The zero-order valence-electron chi connectivity index (χ0n) is 10.2. The van der Waals surface area contributed by atoms with E-state index in [1.54, 1.807) is 25.3 Å². The van der Waals surface area contributed by atoms with Crippen molar-refractivity contribution in [1.29, 1.82) is 0 Å². The van der Waals surface area contributed by atoms with E-state index in [-0.39, 0.29) is 5.91 Å². The average Bonchev–Trinajstić information content (AvgIpc) is 2.78. The Morgan fingerprint density at radius 2 is 2.17 bits per heavy atom. The Bertz CT molecular complexity index is 578. The third-order valence-electron chi connectivity index (χ3n) is 2.61. The molecule has 18 heavy (non-hydrogen) atoms. The van der Waals surface area contributed by atoms with Gasteiger partial charge in [0.1, 0.15) is 5.75 Å². The fourth-order valence-corrected chi connectivity index (χ4v) is 2.39. The fraction of sp³-hybridized carbons (Fsp3) is 0.154. The number of rotatable bonds is 3. The van der Waals surface area contributed by atoms with Gasteiger partial charge in [0.15, 0.2) is 0 Å². The number of carbonyl (C=O) groups is 1. The molecule has 0 radical (unpaired) electrons. The van der Waals surface area contributed by atoms with Crippen LogP contribution in [0.4, 0.5) is 11.4 Å². The van der Waals surface area contributed by atoms with Gasteiger partial charge in [-0.3, -0.25) is 4.79 Å². The lowest BCUT2D eigenvalue weighted by molar-refractivity contribution is 0.102. The maximum absolute atomic E-state index is 12.0. The number of ether oxygens (including phenoxy) is 1. The highest BCUT2D eigenvalue weighted by molar-refractivity contribution is 7.08. The molecule has 2 aromatic rings. The molecule has 0 aliphatic rings. The molecule has 0 fully saturated rings. The number of aryl methyl sites for hydroxylation is 1. The van der Waals surface area contributed by atoms with Gasteiger partial charge in [0.25, 0.3) is 5.91 Å². The number of nitrogens with one attached hydrogen (secondary N) is 1. The van der Waals surface area contributed by atoms with Crippen LogP contribution < -0.4 is 15.8 Å². The Hall–Kier alpha value is -2.01. The van der Waals surface area contributed by atoms with Gasteiger partial charge in [-0.05, 0) is 30.0 Å². The number of methoxy groups -OCH3 is 1. The molecular formula is C13H14N2O2S. The number of carbonyl (C=O) groups excluding carboxylic acids is 1. The minimum atomic E-state index is -0.148. The van der Waals surface area contributed by atoms with Gasteiger partial charge in [0.05, 0.1) is 24.0 Å². The molecule has 2 rings (SSSR count). The van der Waals surface area contributed by atoms with Crippen molar-refractivity contribution >= 4 is 28.6 Å². The SMILES string of the molecule is COc1ccc(NC(=O)c2cscc2C)c(N)c1. The molecule has 4 nitrogen and oxygen atoms in total. The molecule has 0 saturated carbocycles. The number of nitrogen functional groups attached to an aromatic ring is 1. The monoisotopic (exact) mass is 262 g/mol. The molecule has 3 N–H and O–H groups in total. The summed E-state index contributed by atoms with van der Waals surface area (Å²) in [5.74, 6) is 0.517. The lowest BCUT2D eigenvalue weighted by atomic mass is 10.2. The molecule has 1 amide bonds. The van der Waals surface area contributed by atoms with E-state index in [1.807, 2.05) is 17.7 Å². The van der Waals surface area contributed by atoms with Gasteiger partial charge in [-0.15, -0.1) is 0 Å². The Morgan fingerprint density at radius 3 is 2.72 bits per heavy atom. The van der Waals surface area contributed by atoms with Crippen LogP contribution in [-0.4, -0.2) is 13.0 Å². The molecular weight excluding hydrogens is 248 g/mol. The van der Waals surface area contributed by atoms with Crippen LogP contribution in [0.5, 0.6) is 5.75 Å². The first-order chi connectivity index (χ1) is 8.61. The second kappa shape index (κ2) is 5.10. The normalized spacial score (nSPS) is 10.1. The van der Waals surface area contributed by atoms with Crippen LogP contribution >= 0.6 is 11.3 Å². The molecule has 94 valence electrons. The van der Waals surface area contributed by atoms with Crippen molar-refractivity contribution in [2.24, 2.45) is 0 Å². The molecule has 5 heteroatoms. The highest BCUT2D eigenvalue weighted by Gasteiger charge is 2.11. The number of hydrogen-bond acceptors (Lipinski definition) is 4. The van der Waals surface area contributed by atoms with Crippen molar-refractivity contribution in [2.45, 2.75) is 6.92 Å². The molecule has 0 bridgehead atoms. The van der Waals surface area contributed by atoms with E-state index >= 15 is 0 Å². The minimum Gasteiger partial charge on any atom is -0.497 e. The van der Waals surface area contributed by atoms with Crippen molar-refractivity contribution in [3.05, 3.63) is 40.1 Å². The highest BCUT2D eigenvalue weighted by atomic mass is 32.1. The lowest BCUT2D eigenvalue weighted by Crippen LogP contribution is -2.13. The first kappa shape index (κ1) is 12.4. The van der Waals surface area contributed by atoms with Crippen LogP contribution in [0.25, 0.3) is 0 Å². The summed E-state index contributed by atoms with van der Waals surface area (Å²) in [5.41, 5.74) is 8.55. The maximum atomic E-state index is 12.0. The standard InChI is InChI=1S/C13H14N2O2S/c1-8-6-18-7-10(8)13(16)15-12-4-3-9(17-2)5-11(12)14/h3-7H,14H2,1-2H3,(H,15,16). The van der Waals surface area contributed by atoms with Gasteiger partial charge in [0, 0.05) is 11.4 Å². The Kier molecular flexibility index (Phi) is 3.53. The van der Waals surface area contributed by atoms with E-state index < -0.39 is 0 Å². The molecule has 0 spiro atoms. The number of hydrogen-bond donors (Lipinski definition) is 2. The second-order valence-corrected chi connectivity index (χ2v) is 4.62. The topological polar surface area (TPSA) is 64.3 Å². The summed E-state index contributed by atoms with van der Waals surface area (Å²) < 4.78 is 5.06. The third-order valence-corrected chi connectivity index (χ3v) is 3.47. The van der Waals surface area contributed by atoms with Gasteiger partial charge >= 0.3 is 0 Å². The molecule has 0 aliphatic carbocycles. The van der Waals surface area contributed by atoms with Crippen LogP contribution in [0, 0.1) is 6.92 Å². The summed E-state index contributed by atoms with van der Waals surface area (Å²) in [6, 6.07) is 5.16. The summed E-state index contributed by atoms with van der Waals surface area (Å²) in [7, 11) is 1.57. The smallest absolute Gasteiger partial charge is 0.256 e. The zero-order valence-corrected chi connectivity index (χ0v) is 11.0. The predicted molar refractivity (Wildman–Crippen MR) is 74.4 cm³/mol. The van der Waals surface area contributed by atoms with E-state index in [0.29, 0.717) is 22.7 Å². The van der Waals surface area contributed by atoms with E-state index in [0.717, 1.165) is 5.56 Å². The second-order valence-electron chi connectivity index (χ2n) is 3.88. The van der Waals surface area contributed by atoms with Crippen LogP contribution in [0.3, 0.4) is 0 Å². The number of benzene rings is 1. The first-order valence-corrected chi connectivity index (χ1v) is 6.33. The van der Waals surface area contributed by atoms with E-state index in [2.05, 4.69) is 5.32 Å². The number of anilines is 2. The maximum Gasteiger partial charge on any atom is 0.256 e. The van der Waals surface area contributed by atoms with Crippen molar-refractivity contribution in [1.82, 2.24) is 0 Å². The van der Waals surface area contributed by atoms with Crippen LogP contribution in [0.15, 0.2) is 29.0 Å². The van der Waals surface area contributed by atoms with Crippen molar-refractivity contribution < 1.29 is 9.53 Å². The number of amides is 1. The van der Waals surface area contributed by atoms with Gasteiger partial charge in [-0.1, -0.05) is 0 Å². The van der Waals surface area contributed by atoms with E-state index in [1.165, 1.54) is 11.3 Å². The zero-order chi connectivity index (χ0) is 13.1. The van der Waals surface area contributed by atoms with Gasteiger partial charge < -0.3 is 15.8 Å². The first-order valence-electron chi connectivity index (χ1n) is 5.39. The molecule has 0 aliphatic heterocycles. The highest BCUT2D eigenvalue weighted by Crippen LogP contribution is 2.25. The molecule has 1 aromatic heterocycles. The van der Waals surface area contributed by atoms with Crippen molar-refractivity contribution in [2.75, 3.05) is 18.2 Å². The molecule has 1 aromatic carbocycles. The lowest BCUT2D eigenvalue weighted by Gasteiger charge is -2.09. The summed E-state index contributed by atoms with van der Waals surface area (Å²) in [6.45, 7) is 1.91. The van der Waals surface area contributed by atoms with E-state index in [4.69, 9.17) is 10.5 Å². The van der Waals surface area contributed by atoms with Gasteiger partial charge in [-0.25, -0.2) is 0 Å². The summed E-state index contributed by atoms with van der Waals surface area (Å²) in [5, 5.41) is 6.55. The van der Waals surface area contributed by atoms with E-state index in [9.17, 15) is 4.79 Å². The van der Waals surface area contributed by atoms with Crippen LogP contribution in [-0.2, 0) is 0 Å². The Balaban J connectivity index is 2.20. The molecule has 1 heterocycles. The summed E-state index contributed by atoms with van der Waals surface area (Å²) in [6.07, 6.45) is 0. The fourth-order valence-electron chi connectivity index (χ4n) is 1.56. The summed E-state index contributed by atoms with van der Waals surface area (Å²) >= 11 is 1.50.